The minimum atomic E-state index is 0.640. The molecule has 1 saturated carbocycles. The summed E-state index contributed by atoms with van der Waals surface area (Å²) in [6.45, 7) is 8.10. The lowest BCUT2D eigenvalue weighted by molar-refractivity contribution is 0.111. The van der Waals surface area contributed by atoms with Crippen molar-refractivity contribution in [1.29, 1.82) is 0 Å². The summed E-state index contributed by atoms with van der Waals surface area (Å²) in [5.41, 5.74) is 1.32. The molecule has 4 nitrogen and oxygen atoms in total. The van der Waals surface area contributed by atoms with Crippen LogP contribution >= 0.6 is 0 Å². The first-order valence-electron chi connectivity index (χ1n) is 7.66. The van der Waals surface area contributed by atoms with E-state index in [2.05, 4.69) is 41.2 Å². The van der Waals surface area contributed by atoms with Crippen molar-refractivity contribution >= 4 is 5.82 Å². The van der Waals surface area contributed by atoms with Crippen molar-refractivity contribution in [2.75, 3.05) is 32.1 Å². The predicted octanol–water partition coefficient (Wildman–Crippen LogP) is 2.76. The zero-order chi connectivity index (χ0) is 14.4. The second kappa shape index (κ2) is 7.60. The van der Waals surface area contributed by atoms with Crippen molar-refractivity contribution in [3.8, 4) is 0 Å². The number of aromatic nitrogens is 1. The number of pyridine rings is 1. The van der Waals surface area contributed by atoms with Gasteiger partial charge in [-0.25, -0.2) is 4.98 Å². The lowest BCUT2D eigenvalue weighted by Gasteiger charge is -2.29. The molecule has 1 aromatic heterocycles. The molecule has 20 heavy (non-hydrogen) atoms. The van der Waals surface area contributed by atoms with E-state index >= 15 is 0 Å². The molecule has 1 aliphatic carbocycles. The van der Waals surface area contributed by atoms with Crippen molar-refractivity contribution < 1.29 is 4.74 Å². The highest BCUT2D eigenvalue weighted by atomic mass is 16.5. The summed E-state index contributed by atoms with van der Waals surface area (Å²) in [5, 5.41) is 3.27. The standard InChI is InChI=1S/C16H27N3O/c1-4-17-16-11-14(7-8-18-16)12-19(9-10-20-3)13(2)15-5-6-15/h7-8,11,13,15H,4-6,9-10,12H2,1-3H3,(H,17,18). The highest BCUT2D eigenvalue weighted by Crippen LogP contribution is 2.35. The summed E-state index contributed by atoms with van der Waals surface area (Å²) in [6, 6.07) is 4.91. The average Bonchev–Trinajstić information content (AvgIpc) is 3.28. The number of nitrogens with zero attached hydrogens (tertiary/aromatic N) is 2. The second-order valence-corrected chi connectivity index (χ2v) is 5.62. The summed E-state index contributed by atoms with van der Waals surface area (Å²) < 4.78 is 5.26. The van der Waals surface area contributed by atoms with Crippen molar-refractivity contribution in [3.05, 3.63) is 23.9 Å². The Morgan fingerprint density at radius 3 is 2.95 bits per heavy atom. The molecule has 1 atom stereocenters. The second-order valence-electron chi connectivity index (χ2n) is 5.62. The first kappa shape index (κ1) is 15.3. The van der Waals surface area contributed by atoms with E-state index in [4.69, 9.17) is 4.74 Å². The average molecular weight is 277 g/mol. The van der Waals surface area contributed by atoms with E-state index in [-0.39, 0.29) is 0 Å². The number of methoxy groups -OCH3 is 1. The van der Waals surface area contributed by atoms with Crippen LogP contribution in [0, 0.1) is 5.92 Å². The van der Waals surface area contributed by atoms with Gasteiger partial charge >= 0.3 is 0 Å². The fourth-order valence-electron chi connectivity index (χ4n) is 2.60. The van der Waals surface area contributed by atoms with Crippen LogP contribution in [0.25, 0.3) is 0 Å². The summed E-state index contributed by atoms with van der Waals surface area (Å²) >= 11 is 0. The maximum absolute atomic E-state index is 5.26. The minimum Gasteiger partial charge on any atom is -0.383 e. The van der Waals surface area contributed by atoms with Gasteiger partial charge in [0.25, 0.3) is 0 Å². The maximum atomic E-state index is 5.26. The SMILES string of the molecule is CCNc1cc(CN(CCOC)C(C)C2CC2)ccn1. The van der Waals surface area contributed by atoms with Crippen LogP contribution in [-0.4, -0.2) is 42.7 Å². The molecule has 112 valence electrons. The predicted molar refractivity (Wildman–Crippen MR) is 82.9 cm³/mol. The molecule has 0 saturated heterocycles. The van der Waals surface area contributed by atoms with Crippen molar-refractivity contribution in [2.45, 2.75) is 39.3 Å². The summed E-state index contributed by atoms with van der Waals surface area (Å²) in [4.78, 5) is 6.87. The number of nitrogens with one attached hydrogen (secondary N) is 1. The third kappa shape index (κ3) is 4.46. The van der Waals surface area contributed by atoms with Crippen molar-refractivity contribution in [1.82, 2.24) is 9.88 Å². The molecule has 1 aliphatic rings. The fraction of sp³-hybridized carbons (Fsp3) is 0.688. The molecule has 1 fully saturated rings. The third-order valence-corrected chi connectivity index (χ3v) is 4.03. The van der Waals surface area contributed by atoms with E-state index in [0.717, 1.165) is 38.0 Å². The smallest absolute Gasteiger partial charge is 0.126 e. The molecule has 0 bridgehead atoms. The minimum absolute atomic E-state index is 0.640. The van der Waals surface area contributed by atoms with Crippen LogP contribution in [0.3, 0.4) is 0 Å². The highest BCUT2D eigenvalue weighted by Gasteiger charge is 2.31. The normalized spacial score (nSPS) is 16.4. The molecule has 0 radical (unpaired) electrons. The van der Waals surface area contributed by atoms with Crippen LogP contribution in [0.15, 0.2) is 18.3 Å². The Kier molecular flexibility index (Phi) is 5.80. The van der Waals surface area contributed by atoms with E-state index in [1.54, 1.807) is 7.11 Å². The van der Waals surface area contributed by atoms with E-state index in [1.165, 1.54) is 18.4 Å². The van der Waals surface area contributed by atoms with Crippen LogP contribution in [0.2, 0.25) is 0 Å². The van der Waals surface area contributed by atoms with Crippen LogP contribution < -0.4 is 5.32 Å². The Bertz CT molecular complexity index is 406. The van der Waals surface area contributed by atoms with E-state index < -0.39 is 0 Å². The third-order valence-electron chi connectivity index (χ3n) is 4.03. The molecule has 0 aliphatic heterocycles. The first-order valence-corrected chi connectivity index (χ1v) is 7.66. The largest absolute Gasteiger partial charge is 0.383 e. The van der Waals surface area contributed by atoms with Crippen LogP contribution in [-0.2, 0) is 11.3 Å². The Morgan fingerprint density at radius 1 is 1.50 bits per heavy atom. The summed E-state index contributed by atoms with van der Waals surface area (Å²) in [7, 11) is 1.77. The number of hydrogen-bond donors (Lipinski definition) is 1. The maximum Gasteiger partial charge on any atom is 0.126 e. The Hall–Kier alpha value is -1.13. The molecule has 4 heteroatoms. The number of ether oxygens (including phenoxy) is 1. The quantitative estimate of drug-likeness (QED) is 0.753. The lowest BCUT2D eigenvalue weighted by atomic mass is 10.1. The Balaban J connectivity index is 1.99. The molecule has 1 heterocycles. The fourth-order valence-corrected chi connectivity index (χ4v) is 2.60. The summed E-state index contributed by atoms with van der Waals surface area (Å²) in [6.07, 6.45) is 4.65. The van der Waals surface area contributed by atoms with E-state index in [9.17, 15) is 0 Å². The van der Waals surface area contributed by atoms with Gasteiger partial charge in [0.2, 0.25) is 0 Å². The zero-order valence-corrected chi connectivity index (χ0v) is 12.9. The van der Waals surface area contributed by atoms with Crippen molar-refractivity contribution in [2.24, 2.45) is 5.92 Å². The molecule has 2 rings (SSSR count). The lowest BCUT2D eigenvalue weighted by Crippen LogP contribution is -2.36. The van der Waals surface area contributed by atoms with Crippen LogP contribution in [0.5, 0.6) is 0 Å². The number of hydrogen-bond acceptors (Lipinski definition) is 4. The van der Waals surface area contributed by atoms with Gasteiger partial charge in [0.1, 0.15) is 5.82 Å². The van der Waals surface area contributed by atoms with Gasteiger partial charge < -0.3 is 10.1 Å². The highest BCUT2D eigenvalue weighted by molar-refractivity contribution is 5.37. The van der Waals surface area contributed by atoms with Gasteiger partial charge in [-0.05, 0) is 50.3 Å². The van der Waals surface area contributed by atoms with E-state index in [0.29, 0.717) is 6.04 Å². The molecular formula is C16H27N3O. The Labute approximate surface area is 122 Å². The Morgan fingerprint density at radius 2 is 2.30 bits per heavy atom. The molecular weight excluding hydrogens is 250 g/mol. The molecule has 0 spiro atoms. The van der Waals surface area contributed by atoms with Gasteiger partial charge in [0.05, 0.1) is 6.61 Å². The van der Waals surface area contributed by atoms with Crippen molar-refractivity contribution in [3.63, 3.8) is 0 Å². The molecule has 1 aromatic rings. The first-order chi connectivity index (χ1) is 9.74. The molecule has 1 N–H and O–H groups in total. The van der Waals surface area contributed by atoms with Crippen LogP contribution in [0.4, 0.5) is 5.82 Å². The van der Waals surface area contributed by atoms with Crippen LogP contribution in [0.1, 0.15) is 32.3 Å². The molecule has 0 aromatic carbocycles. The molecule has 1 unspecified atom stereocenters. The van der Waals surface area contributed by atoms with E-state index in [1.807, 2.05) is 6.20 Å². The van der Waals surface area contributed by atoms with Gasteiger partial charge in [-0.2, -0.15) is 0 Å². The summed E-state index contributed by atoms with van der Waals surface area (Å²) in [5.74, 6) is 1.85. The van der Waals surface area contributed by atoms with Gasteiger partial charge in [-0.1, -0.05) is 0 Å². The molecule has 0 amide bonds. The van der Waals surface area contributed by atoms with Gasteiger partial charge in [-0.3, -0.25) is 4.90 Å². The zero-order valence-electron chi connectivity index (χ0n) is 12.9. The monoisotopic (exact) mass is 277 g/mol. The van der Waals surface area contributed by atoms with Gasteiger partial charge in [0, 0.05) is 39.0 Å². The number of anilines is 1. The van der Waals surface area contributed by atoms with Gasteiger partial charge in [-0.15, -0.1) is 0 Å². The topological polar surface area (TPSA) is 37.4 Å². The number of rotatable bonds is 9. The van der Waals surface area contributed by atoms with Gasteiger partial charge in [0.15, 0.2) is 0 Å².